The Morgan fingerprint density at radius 3 is 2.88 bits per heavy atom. The third kappa shape index (κ3) is 2.13. The molecule has 1 aliphatic carbocycles. The van der Waals surface area contributed by atoms with E-state index in [1.807, 2.05) is 0 Å². The molecule has 1 aliphatic heterocycles. The lowest BCUT2D eigenvalue weighted by atomic mass is 9.57. The van der Waals surface area contributed by atoms with Gasteiger partial charge in [-0.3, -0.25) is 0 Å². The second-order valence-corrected chi connectivity index (χ2v) is 5.92. The molecule has 0 amide bonds. The third-order valence-electron chi connectivity index (χ3n) is 4.02. The highest BCUT2D eigenvalue weighted by atomic mass is 16.5. The lowest BCUT2D eigenvalue weighted by Gasteiger charge is -2.55. The Kier molecular flexibility index (Phi) is 3.57. The average Bonchev–Trinajstić information content (AvgIpc) is 2.63. The van der Waals surface area contributed by atoms with Crippen LogP contribution in [0, 0.1) is 11.3 Å². The van der Waals surface area contributed by atoms with Gasteiger partial charge in [-0.1, -0.05) is 13.8 Å². The molecule has 0 spiro atoms. The molecule has 3 atom stereocenters. The van der Waals surface area contributed by atoms with E-state index in [2.05, 4.69) is 33.0 Å². The van der Waals surface area contributed by atoms with E-state index in [0.29, 0.717) is 23.7 Å². The van der Waals surface area contributed by atoms with Crippen LogP contribution in [0.3, 0.4) is 0 Å². The first kappa shape index (κ1) is 12.3. The summed E-state index contributed by atoms with van der Waals surface area (Å²) in [6, 6.07) is 0.607. The Morgan fingerprint density at radius 1 is 1.44 bits per heavy atom. The number of rotatable bonds is 5. The van der Waals surface area contributed by atoms with Crippen LogP contribution in [0.2, 0.25) is 0 Å². The fourth-order valence-electron chi connectivity index (χ4n) is 3.25. The smallest absolute Gasteiger partial charge is 0.0685 e. The van der Waals surface area contributed by atoms with Crippen molar-refractivity contribution in [2.45, 2.75) is 52.4 Å². The molecule has 1 saturated carbocycles. The van der Waals surface area contributed by atoms with Crippen molar-refractivity contribution in [3.05, 3.63) is 0 Å². The summed E-state index contributed by atoms with van der Waals surface area (Å²) >= 11 is 0. The van der Waals surface area contributed by atoms with Crippen molar-refractivity contribution in [3.63, 3.8) is 0 Å². The van der Waals surface area contributed by atoms with Crippen LogP contribution in [0.5, 0.6) is 0 Å². The summed E-state index contributed by atoms with van der Waals surface area (Å²) in [7, 11) is 0. The predicted molar refractivity (Wildman–Crippen MR) is 64.5 cm³/mol. The third-order valence-corrected chi connectivity index (χ3v) is 4.02. The monoisotopic (exact) mass is 227 g/mol. The quantitative estimate of drug-likeness (QED) is 0.727. The Balaban J connectivity index is 1.73. The van der Waals surface area contributed by atoms with E-state index in [1.165, 1.54) is 6.42 Å². The molecule has 94 valence electrons. The molecule has 2 fully saturated rings. The molecule has 0 aromatic carbocycles. The van der Waals surface area contributed by atoms with Crippen molar-refractivity contribution < 1.29 is 9.47 Å². The Hall–Kier alpha value is -0.120. The van der Waals surface area contributed by atoms with Gasteiger partial charge in [0.1, 0.15) is 0 Å². The van der Waals surface area contributed by atoms with Crippen LogP contribution < -0.4 is 5.32 Å². The first-order valence-corrected chi connectivity index (χ1v) is 6.50. The number of hydrogen-bond acceptors (Lipinski definition) is 3. The highest BCUT2D eigenvalue weighted by molar-refractivity contribution is 5.11. The minimum atomic E-state index is 0.291. The van der Waals surface area contributed by atoms with Gasteiger partial charge in [0, 0.05) is 30.5 Å². The number of fused-ring (bicyclic) bond motifs is 1. The van der Waals surface area contributed by atoms with Crippen LogP contribution in [0.25, 0.3) is 0 Å². The molecule has 1 heterocycles. The molecule has 3 unspecified atom stereocenters. The van der Waals surface area contributed by atoms with E-state index in [9.17, 15) is 0 Å². The topological polar surface area (TPSA) is 30.5 Å². The summed E-state index contributed by atoms with van der Waals surface area (Å²) in [5.41, 5.74) is 0.291. The van der Waals surface area contributed by atoms with Crippen LogP contribution >= 0.6 is 0 Å². The van der Waals surface area contributed by atoms with Crippen LogP contribution in [0.1, 0.15) is 34.1 Å². The van der Waals surface area contributed by atoms with Gasteiger partial charge in [0.05, 0.1) is 18.8 Å². The molecule has 0 radical (unpaired) electrons. The zero-order valence-corrected chi connectivity index (χ0v) is 11.0. The number of hydrogen-bond donors (Lipinski definition) is 1. The van der Waals surface area contributed by atoms with Gasteiger partial charge < -0.3 is 14.8 Å². The van der Waals surface area contributed by atoms with Gasteiger partial charge in [0.15, 0.2) is 0 Å². The average molecular weight is 227 g/mol. The summed E-state index contributed by atoms with van der Waals surface area (Å²) in [5, 5.41) is 3.63. The van der Waals surface area contributed by atoms with Crippen molar-refractivity contribution >= 4 is 0 Å². The second-order valence-electron chi connectivity index (χ2n) is 5.92. The molecular formula is C13H25NO2. The van der Waals surface area contributed by atoms with Crippen molar-refractivity contribution in [1.82, 2.24) is 5.32 Å². The van der Waals surface area contributed by atoms with Crippen LogP contribution in [0.15, 0.2) is 0 Å². The molecule has 3 nitrogen and oxygen atoms in total. The molecule has 0 aromatic rings. The van der Waals surface area contributed by atoms with Gasteiger partial charge in [-0.15, -0.1) is 0 Å². The minimum absolute atomic E-state index is 0.291. The van der Waals surface area contributed by atoms with Gasteiger partial charge in [-0.25, -0.2) is 0 Å². The summed E-state index contributed by atoms with van der Waals surface area (Å²) in [6.45, 7) is 11.5. The minimum Gasteiger partial charge on any atom is -0.377 e. The van der Waals surface area contributed by atoms with Gasteiger partial charge >= 0.3 is 0 Å². The molecule has 3 heteroatoms. The number of nitrogens with one attached hydrogen (secondary N) is 1. The normalized spacial score (nSPS) is 36.2. The van der Waals surface area contributed by atoms with Crippen molar-refractivity contribution in [2.24, 2.45) is 11.3 Å². The summed E-state index contributed by atoms with van der Waals surface area (Å²) in [4.78, 5) is 0. The maximum Gasteiger partial charge on any atom is 0.0685 e. The van der Waals surface area contributed by atoms with Crippen LogP contribution in [-0.4, -0.2) is 38.0 Å². The summed E-state index contributed by atoms with van der Waals surface area (Å²) < 4.78 is 11.3. The Morgan fingerprint density at radius 2 is 2.19 bits per heavy atom. The van der Waals surface area contributed by atoms with E-state index in [-0.39, 0.29) is 0 Å². The Labute approximate surface area is 98.9 Å². The van der Waals surface area contributed by atoms with Crippen molar-refractivity contribution in [3.8, 4) is 0 Å². The predicted octanol–water partition coefficient (Wildman–Crippen LogP) is 1.81. The molecule has 2 aliphatic rings. The van der Waals surface area contributed by atoms with E-state index in [0.717, 1.165) is 25.7 Å². The fraction of sp³-hybridized carbons (Fsp3) is 1.00. The van der Waals surface area contributed by atoms with Crippen LogP contribution in [0.4, 0.5) is 0 Å². The van der Waals surface area contributed by atoms with E-state index >= 15 is 0 Å². The zero-order chi connectivity index (χ0) is 11.8. The highest BCUT2D eigenvalue weighted by Crippen LogP contribution is 2.51. The van der Waals surface area contributed by atoms with Crippen molar-refractivity contribution in [2.75, 3.05) is 19.8 Å². The first-order valence-electron chi connectivity index (χ1n) is 6.50. The largest absolute Gasteiger partial charge is 0.377 e. The Bertz CT molecular complexity index is 240. The van der Waals surface area contributed by atoms with Crippen LogP contribution in [-0.2, 0) is 9.47 Å². The summed E-state index contributed by atoms with van der Waals surface area (Å²) in [5.74, 6) is 0.731. The van der Waals surface area contributed by atoms with Gasteiger partial charge in [0.25, 0.3) is 0 Å². The standard InChI is InChI=1S/C13H25NO2/c1-9(2)15-8-6-14-11-10-5-7-16-12(10)13(11,3)4/h9-12,14H,5-8H2,1-4H3. The second kappa shape index (κ2) is 4.63. The summed E-state index contributed by atoms with van der Waals surface area (Å²) in [6.07, 6.45) is 2.03. The molecule has 2 rings (SSSR count). The molecule has 0 bridgehead atoms. The maximum atomic E-state index is 5.77. The molecule has 0 aromatic heterocycles. The van der Waals surface area contributed by atoms with E-state index in [1.54, 1.807) is 0 Å². The van der Waals surface area contributed by atoms with E-state index < -0.39 is 0 Å². The zero-order valence-electron chi connectivity index (χ0n) is 11.0. The maximum absolute atomic E-state index is 5.77. The number of ether oxygens (including phenoxy) is 2. The van der Waals surface area contributed by atoms with Gasteiger partial charge in [0.2, 0.25) is 0 Å². The first-order chi connectivity index (χ1) is 7.53. The lowest BCUT2D eigenvalue weighted by Crippen LogP contribution is -2.66. The SMILES string of the molecule is CC(C)OCCNC1C2CCOC2C1(C)C. The fourth-order valence-corrected chi connectivity index (χ4v) is 3.25. The van der Waals surface area contributed by atoms with Gasteiger partial charge in [-0.05, 0) is 20.3 Å². The van der Waals surface area contributed by atoms with E-state index in [4.69, 9.17) is 9.47 Å². The molecule has 1 saturated heterocycles. The molecular weight excluding hydrogens is 202 g/mol. The molecule has 16 heavy (non-hydrogen) atoms. The van der Waals surface area contributed by atoms with Gasteiger partial charge in [-0.2, -0.15) is 0 Å². The highest BCUT2D eigenvalue weighted by Gasteiger charge is 2.58. The van der Waals surface area contributed by atoms with Crippen molar-refractivity contribution in [1.29, 1.82) is 0 Å². The lowest BCUT2D eigenvalue weighted by molar-refractivity contribution is -0.113. The molecule has 1 N–H and O–H groups in total.